The first-order valence-electron chi connectivity index (χ1n) is 10.1. The van der Waals surface area contributed by atoms with Crippen molar-refractivity contribution in [1.29, 1.82) is 0 Å². The highest BCUT2D eigenvalue weighted by molar-refractivity contribution is 9.09. The van der Waals surface area contributed by atoms with Crippen molar-refractivity contribution in [3.8, 4) is 0 Å². The van der Waals surface area contributed by atoms with Crippen molar-refractivity contribution in [2.45, 2.75) is 102 Å². The van der Waals surface area contributed by atoms with Gasteiger partial charge in [0.1, 0.15) is 0 Å². The topological polar surface area (TPSA) is 9.23 Å². The zero-order chi connectivity index (χ0) is 15.5. The van der Waals surface area contributed by atoms with Crippen LogP contribution in [0.3, 0.4) is 0 Å². The van der Waals surface area contributed by atoms with Gasteiger partial charge in [-0.05, 0) is 43.9 Å². The summed E-state index contributed by atoms with van der Waals surface area (Å²) in [7, 11) is 0. The monoisotopic (exact) mass is 372 g/mol. The van der Waals surface area contributed by atoms with Crippen LogP contribution in [0.4, 0.5) is 0 Å². The summed E-state index contributed by atoms with van der Waals surface area (Å²) in [5.74, 6) is 1.68. The molecule has 0 radical (unpaired) electrons. The maximum atomic E-state index is 6.46. The fourth-order valence-electron chi connectivity index (χ4n) is 4.21. The summed E-state index contributed by atoms with van der Waals surface area (Å²) in [5.41, 5.74) is 0. The van der Waals surface area contributed by atoms with E-state index in [1.54, 1.807) is 0 Å². The summed E-state index contributed by atoms with van der Waals surface area (Å²) in [6.45, 7) is 1.04. The van der Waals surface area contributed by atoms with Gasteiger partial charge in [0.05, 0.1) is 6.10 Å². The van der Waals surface area contributed by atoms with Crippen molar-refractivity contribution in [2.75, 3.05) is 11.9 Å². The predicted molar refractivity (Wildman–Crippen MR) is 99.8 cm³/mol. The molecule has 0 aromatic carbocycles. The van der Waals surface area contributed by atoms with Crippen LogP contribution in [0.15, 0.2) is 0 Å². The summed E-state index contributed by atoms with van der Waals surface area (Å²) in [6, 6.07) is 0. The van der Waals surface area contributed by atoms with Crippen molar-refractivity contribution in [2.24, 2.45) is 11.8 Å². The van der Waals surface area contributed by atoms with Gasteiger partial charge < -0.3 is 4.74 Å². The molecule has 0 saturated heterocycles. The molecule has 0 aliphatic heterocycles. The van der Waals surface area contributed by atoms with Crippen molar-refractivity contribution in [3.63, 3.8) is 0 Å². The van der Waals surface area contributed by atoms with E-state index in [0.29, 0.717) is 6.10 Å². The van der Waals surface area contributed by atoms with Crippen molar-refractivity contribution >= 4 is 15.9 Å². The molecule has 2 aliphatic rings. The zero-order valence-corrected chi connectivity index (χ0v) is 16.1. The van der Waals surface area contributed by atoms with Crippen LogP contribution >= 0.6 is 15.9 Å². The van der Waals surface area contributed by atoms with Gasteiger partial charge in [-0.3, -0.25) is 0 Å². The van der Waals surface area contributed by atoms with E-state index in [4.69, 9.17) is 4.74 Å². The molecule has 2 atom stereocenters. The molecule has 0 aromatic heterocycles. The largest absolute Gasteiger partial charge is 0.378 e. The van der Waals surface area contributed by atoms with Gasteiger partial charge in [0, 0.05) is 11.9 Å². The lowest BCUT2D eigenvalue weighted by Crippen LogP contribution is -2.23. The Hall–Kier alpha value is 0.440. The first kappa shape index (κ1) is 18.8. The van der Waals surface area contributed by atoms with Crippen LogP contribution in [0.2, 0.25) is 0 Å². The van der Waals surface area contributed by atoms with Crippen LogP contribution in [0, 0.1) is 11.8 Å². The minimum absolute atomic E-state index is 0.533. The highest BCUT2D eigenvalue weighted by atomic mass is 79.9. The van der Waals surface area contributed by atoms with Crippen molar-refractivity contribution < 1.29 is 4.74 Å². The van der Waals surface area contributed by atoms with Crippen LogP contribution in [0.1, 0.15) is 96.3 Å². The Kier molecular flexibility index (Phi) is 10.2. The Balaban J connectivity index is 1.75. The predicted octanol–water partition coefficient (Wildman–Crippen LogP) is 6.88. The number of ether oxygens (including phenoxy) is 1. The van der Waals surface area contributed by atoms with Crippen molar-refractivity contribution in [1.82, 2.24) is 0 Å². The molecule has 130 valence electrons. The summed E-state index contributed by atoms with van der Waals surface area (Å²) < 4.78 is 6.46. The third-order valence-electron chi connectivity index (χ3n) is 5.75. The second kappa shape index (κ2) is 11.9. The third kappa shape index (κ3) is 7.81. The molecule has 0 spiro atoms. The fourth-order valence-corrected chi connectivity index (χ4v) is 4.80. The van der Waals surface area contributed by atoms with E-state index in [9.17, 15) is 0 Å². The number of hydrogen-bond acceptors (Lipinski definition) is 1. The molecule has 2 aliphatic carbocycles. The summed E-state index contributed by atoms with van der Waals surface area (Å²) in [6.07, 6.45) is 21.7. The van der Waals surface area contributed by atoms with E-state index in [2.05, 4.69) is 15.9 Å². The minimum Gasteiger partial charge on any atom is -0.378 e. The first-order chi connectivity index (χ1) is 10.9. The Morgan fingerprint density at radius 1 is 0.636 bits per heavy atom. The third-order valence-corrected chi connectivity index (χ3v) is 6.66. The molecule has 1 nitrogen and oxygen atoms in total. The minimum atomic E-state index is 0.533. The molecule has 2 saturated carbocycles. The smallest absolute Gasteiger partial charge is 0.0578 e. The molecule has 2 fully saturated rings. The molecule has 2 heteroatoms. The summed E-state index contributed by atoms with van der Waals surface area (Å²) >= 11 is 3.73. The number of rotatable bonds is 4. The normalized spacial score (nSPS) is 30.4. The average Bonchev–Trinajstić information content (AvgIpc) is 2.51. The van der Waals surface area contributed by atoms with Crippen molar-refractivity contribution in [3.05, 3.63) is 0 Å². The van der Waals surface area contributed by atoms with Gasteiger partial charge >= 0.3 is 0 Å². The lowest BCUT2D eigenvalue weighted by Gasteiger charge is -2.27. The maximum absolute atomic E-state index is 6.46. The van der Waals surface area contributed by atoms with E-state index >= 15 is 0 Å². The van der Waals surface area contributed by atoms with Gasteiger partial charge in [0.2, 0.25) is 0 Å². The van der Waals surface area contributed by atoms with Crippen LogP contribution in [0.25, 0.3) is 0 Å². The quantitative estimate of drug-likeness (QED) is 0.488. The van der Waals surface area contributed by atoms with Crippen LogP contribution in [-0.4, -0.2) is 18.0 Å². The second-order valence-corrected chi connectivity index (χ2v) is 8.42. The molecule has 0 N–H and O–H groups in total. The first-order valence-corrected chi connectivity index (χ1v) is 11.2. The van der Waals surface area contributed by atoms with Crippen LogP contribution in [-0.2, 0) is 4.74 Å². The van der Waals surface area contributed by atoms with E-state index in [0.717, 1.165) is 23.8 Å². The van der Waals surface area contributed by atoms with Gasteiger partial charge in [-0.1, -0.05) is 80.1 Å². The van der Waals surface area contributed by atoms with E-state index < -0.39 is 0 Å². The number of alkyl halides is 1. The molecule has 0 bridgehead atoms. The highest BCUT2D eigenvalue weighted by Gasteiger charge is 2.19. The second-order valence-electron chi connectivity index (χ2n) is 7.77. The molecular weight excluding hydrogens is 336 g/mol. The lowest BCUT2D eigenvalue weighted by molar-refractivity contribution is 0.00375. The summed E-state index contributed by atoms with van der Waals surface area (Å²) in [5, 5.41) is 1.16. The zero-order valence-electron chi connectivity index (χ0n) is 14.5. The molecule has 0 heterocycles. The molecule has 22 heavy (non-hydrogen) atoms. The Morgan fingerprint density at radius 2 is 1.14 bits per heavy atom. The van der Waals surface area contributed by atoms with Gasteiger partial charge in [-0.2, -0.15) is 0 Å². The van der Waals surface area contributed by atoms with Gasteiger partial charge in [-0.15, -0.1) is 0 Å². The molecule has 0 aromatic rings. The summed E-state index contributed by atoms with van der Waals surface area (Å²) in [4.78, 5) is 0. The molecule has 0 amide bonds. The van der Waals surface area contributed by atoms with Gasteiger partial charge in [0.15, 0.2) is 0 Å². The van der Waals surface area contributed by atoms with E-state index in [1.165, 1.54) is 96.3 Å². The van der Waals surface area contributed by atoms with Gasteiger partial charge in [0.25, 0.3) is 0 Å². The lowest BCUT2D eigenvalue weighted by atomic mass is 9.90. The fraction of sp³-hybridized carbons (Fsp3) is 1.00. The molecule has 2 unspecified atom stereocenters. The Labute approximate surface area is 147 Å². The Bertz CT molecular complexity index is 260. The Morgan fingerprint density at radius 3 is 1.73 bits per heavy atom. The average molecular weight is 373 g/mol. The van der Waals surface area contributed by atoms with E-state index in [-0.39, 0.29) is 0 Å². The molecular formula is C20H37BrO. The van der Waals surface area contributed by atoms with Gasteiger partial charge in [-0.25, -0.2) is 0 Å². The SMILES string of the molecule is BrCC1CCCCCCCC(OCC2CCCCCCC2)C1. The maximum Gasteiger partial charge on any atom is 0.0578 e. The number of hydrogen-bond donors (Lipinski definition) is 0. The van der Waals surface area contributed by atoms with Crippen LogP contribution < -0.4 is 0 Å². The van der Waals surface area contributed by atoms with E-state index in [1.807, 2.05) is 0 Å². The standard InChI is InChI=1S/C20H37BrO/c21-16-19-13-9-5-2-6-10-14-20(15-19)22-17-18-11-7-3-1-4-8-12-18/h18-20H,1-17H2. The highest BCUT2D eigenvalue weighted by Crippen LogP contribution is 2.27. The number of halogens is 1. The molecule has 2 rings (SSSR count). The van der Waals surface area contributed by atoms with Crippen LogP contribution in [0.5, 0.6) is 0 Å².